The highest BCUT2D eigenvalue weighted by Crippen LogP contribution is 2.22. The van der Waals surface area contributed by atoms with Gasteiger partial charge in [0.1, 0.15) is 6.04 Å². The summed E-state index contributed by atoms with van der Waals surface area (Å²) in [5.41, 5.74) is 1.19. The van der Waals surface area contributed by atoms with Crippen LogP contribution in [0.5, 0.6) is 0 Å². The van der Waals surface area contributed by atoms with Gasteiger partial charge < -0.3 is 10.2 Å². The molecular weight excluding hydrogens is 485 g/mol. The lowest BCUT2D eigenvalue weighted by atomic mass is 10.1. The van der Waals surface area contributed by atoms with Gasteiger partial charge in [0.25, 0.3) is 0 Å². The number of anilines is 1. The van der Waals surface area contributed by atoms with Gasteiger partial charge in [-0.05, 0) is 56.2 Å². The van der Waals surface area contributed by atoms with Crippen LogP contribution in [0.15, 0.2) is 48.5 Å². The molecule has 1 atom stereocenters. The van der Waals surface area contributed by atoms with Crippen molar-refractivity contribution in [2.75, 3.05) is 23.7 Å². The van der Waals surface area contributed by atoms with Crippen LogP contribution in [0.3, 0.4) is 0 Å². The van der Waals surface area contributed by atoms with Crippen molar-refractivity contribution in [1.29, 1.82) is 0 Å². The van der Waals surface area contributed by atoms with Crippen molar-refractivity contribution < 1.29 is 18.0 Å². The molecule has 0 aliphatic carbocycles. The summed E-state index contributed by atoms with van der Waals surface area (Å²) >= 11 is 12.2. The topological polar surface area (TPSA) is 86.8 Å². The van der Waals surface area contributed by atoms with E-state index in [9.17, 15) is 18.0 Å². The van der Waals surface area contributed by atoms with E-state index in [1.807, 2.05) is 6.07 Å². The van der Waals surface area contributed by atoms with Gasteiger partial charge in [0, 0.05) is 36.1 Å². The molecule has 0 fully saturated rings. The number of sulfonamides is 1. The number of benzene rings is 2. The Labute approximate surface area is 205 Å². The fourth-order valence-electron chi connectivity index (χ4n) is 3.33. The average molecular weight is 514 g/mol. The van der Waals surface area contributed by atoms with Crippen molar-refractivity contribution in [1.82, 2.24) is 10.2 Å². The fourth-order valence-corrected chi connectivity index (χ4v) is 4.61. The minimum atomic E-state index is -3.56. The van der Waals surface area contributed by atoms with E-state index in [0.717, 1.165) is 11.8 Å². The van der Waals surface area contributed by atoms with Gasteiger partial charge in [0.2, 0.25) is 21.8 Å². The molecule has 0 heterocycles. The Morgan fingerprint density at radius 2 is 1.70 bits per heavy atom. The van der Waals surface area contributed by atoms with E-state index in [1.54, 1.807) is 56.3 Å². The van der Waals surface area contributed by atoms with Crippen LogP contribution < -0.4 is 9.62 Å². The highest BCUT2D eigenvalue weighted by atomic mass is 35.5. The molecule has 0 aliphatic heterocycles. The maximum atomic E-state index is 13.1. The first-order valence-corrected chi connectivity index (χ1v) is 13.2. The van der Waals surface area contributed by atoms with Gasteiger partial charge in [-0.25, -0.2) is 8.42 Å². The standard InChI is InChI=1S/C23H29Cl2N3O4S/c1-4-26-23(30)17(2)27(16-18-8-5-6-9-21(18)25)22(29)10-7-15-28(33(3,31)32)20-13-11-19(24)12-14-20/h5-6,8-9,11-14,17H,4,7,10,15-16H2,1-3H3,(H,26,30)/t17-/m0/s1. The molecule has 0 saturated carbocycles. The highest BCUT2D eigenvalue weighted by molar-refractivity contribution is 7.92. The van der Waals surface area contributed by atoms with Gasteiger partial charge in [-0.3, -0.25) is 13.9 Å². The number of carbonyl (C=O) groups excluding carboxylic acids is 2. The second-order valence-corrected chi connectivity index (χ2v) is 10.3. The number of likely N-dealkylation sites (N-methyl/N-ethyl adjacent to an activating group) is 1. The molecule has 2 amide bonds. The lowest BCUT2D eigenvalue weighted by molar-refractivity contribution is -0.140. The zero-order valence-corrected chi connectivity index (χ0v) is 21.3. The molecule has 2 rings (SSSR count). The van der Waals surface area contributed by atoms with Gasteiger partial charge in [-0.1, -0.05) is 41.4 Å². The van der Waals surface area contributed by atoms with Crippen LogP contribution in [0.25, 0.3) is 0 Å². The number of nitrogens with zero attached hydrogens (tertiary/aromatic N) is 2. The van der Waals surface area contributed by atoms with Crippen LogP contribution in [0.4, 0.5) is 5.69 Å². The second-order valence-electron chi connectivity index (χ2n) is 7.60. The van der Waals surface area contributed by atoms with Crippen molar-refractivity contribution >= 4 is 50.7 Å². The van der Waals surface area contributed by atoms with Crippen molar-refractivity contribution in [3.8, 4) is 0 Å². The Morgan fingerprint density at radius 1 is 1.06 bits per heavy atom. The van der Waals surface area contributed by atoms with Crippen molar-refractivity contribution in [2.45, 2.75) is 39.3 Å². The minimum absolute atomic E-state index is 0.0633. The predicted molar refractivity (Wildman–Crippen MR) is 133 cm³/mol. The normalized spacial score (nSPS) is 12.2. The third-order valence-electron chi connectivity index (χ3n) is 5.08. The molecule has 0 unspecified atom stereocenters. The van der Waals surface area contributed by atoms with Crippen LogP contribution in [0, 0.1) is 0 Å². The average Bonchev–Trinajstić information content (AvgIpc) is 2.75. The third kappa shape index (κ3) is 7.91. The van der Waals surface area contributed by atoms with Gasteiger partial charge in [0.05, 0.1) is 11.9 Å². The quantitative estimate of drug-likeness (QED) is 0.490. The molecule has 1 N–H and O–H groups in total. The number of amides is 2. The highest BCUT2D eigenvalue weighted by Gasteiger charge is 2.26. The summed E-state index contributed by atoms with van der Waals surface area (Å²) in [5, 5.41) is 3.74. The molecule has 10 heteroatoms. The first kappa shape index (κ1) is 27.0. The fraction of sp³-hybridized carbons (Fsp3) is 0.391. The van der Waals surface area contributed by atoms with Crippen molar-refractivity contribution in [3.05, 3.63) is 64.1 Å². The molecule has 0 spiro atoms. The number of hydrogen-bond donors (Lipinski definition) is 1. The van der Waals surface area contributed by atoms with Crippen LogP contribution in [-0.4, -0.2) is 50.5 Å². The SMILES string of the molecule is CCNC(=O)[C@H](C)N(Cc1ccccc1Cl)C(=O)CCCN(c1ccc(Cl)cc1)S(C)(=O)=O. The summed E-state index contributed by atoms with van der Waals surface area (Å²) in [4.78, 5) is 27.1. The summed E-state index contributed by atoms with van der Waals surface area (Å²) < 4.78 is 25.8. The van der Waals surface area contributed by atoms with E-state index in [1.165, 1.54) is 9.21 Å². The molecule has 180 valence electrons. The molecule has 0 aliphatic rings. The first-order chi connectivity index (χ1) is 15.5. The zero-order valence-electron chi connectivity index (χ0n) is 18.9. The monoisotopic (exact) mass is 513 g/mol. The smallest absolute Gasteiger partial charge is 0.242 e. The molecule has 2 aromatic carbocycles. The minimum Gasteiger partial charge on any atom is -0.355 e. The Hall–Kier alpha value is -2.29. The Morgan fingerprint density at radius 3 is 2.27 bits per heavy atom. The summed E-state index contributed by atoms with van der Waals surface area (Å²) in [6, 6.07) is 12.9. The van der Waals surface area contributed by atoms with Gasteiger partial charge in [0.15, 0.2) is 0 Å². The van der Waals surface area contributed by atoms with Crippen LogP contribution in [0.2, 0.25) is 10.0 Å². The molecule has 0 aromatic heterocycles. The van der Waals surface area contributed by atoms with E-state index in [4.69, 9.17) is 23.2 Å². The van der Waals surface area contributed by atoms with Crippen LogP contribution in [0.1, 0.15) is 32.3 Å². The van der Waals surface area contributed by atoms with E-state index in [-0.39, 0.29) is 37.7 Å². The molecule has 33 heavy (non-hydrogen) atoms. The van der Waals surface area contributed by atoms with Crippen molar-refractivity contribution in [2.24, 2.45) is 0 Å². The predicted octanol–water partition coefficient (Wildman–Crippen LogP) is 4.09. The summed E-state index contributed by atoms with van der Waals surface area (Å²) in [5.74, 6) is -0.532. The van der Waals surface area contributed by atoms with E-state index in [2.05, 4.69) is 5.32 Å². The molecule has 2 aromatic rings. The number of halogens is 2. The number of nitrogens with one attached hydrogen (secondary N) is 1. The summed E-state index contributed by atoms with van der Waals surface area (Å²) in [6.07, 6.45) is 1.45. The lowest BCUT2D eigenvalue weighted by Gasteiger charge is -2.29. The number of hydrogen-bond acceptors (Lipinski definition) is 4. The Kier molecular flexibility index (Phi) is 10.0. The molecule has 0 saturated heterocycles. The maximum absolute atomic E-state index is 13.1. The van der Waals surface area contributed by atoms with E-state index >= 15 is 0 Å². The van der Waals surface area contributed by atoms with Crippen LogP contribution in [-0.2, 0) is 26.2 Å². The van der Waals surface area contributed by atoms with Gasteiger partial charge in [-0.2, -0.15) is 0 Å². The van der Waals surface area contributed by atoms with Crippen molar-refractivity contribution in [3.63, 3.8) is 0 Å². The number of rotatable bonds is 11. The summed E-state index contributed by atoms with van der Waals surface area (Å²) in [7, 11) is -3.56. The molecule has 0 radical (unpaired) electrons. The summed E-state index contributed by atoms with van der Waals surface area (Å²) in [6.45, 7) is 4.20. The zero-order chi connectivity index (χ0) is 24.6. The van der Waals surface area contributed by atoms with E-state index in [0.29, 0.717) is 22.3 Å². The molecule has 7 nitrogen and oxygen atoms in total. The molecular formula is C23H29Cl2N3O4S. The maximum Gasteiger partial charge on any atom is 0.242 e. The third-order valence-corrected chi connectivity index (χ3v) is 6.90. The number of carbonyl (C=O) groups is 2. The van der Waals surface area contributed by atoms with Gasteiger partial charge in [-0.15, -0.1) is 0 Å². The second kappa shape index (κ2) is 12.3. The Balaban J connectivity index is 2.15. The Bertz CT molecular complexity index is 1060. The van der Waals surface area contributed by atoms with Crippen LogP contribution >= 0.6 is 23.2 Å². The largest absolute Gasteiger partial charge is 0.355 e. The van der Waals surface area contributed by atoms with Gasteiger partial charge >= 0.3 is 0 Å². The lowest BCUT2D eigenvalue weighted by Crippen LogP contribution is -2.47. The molecule has 0 bridgehead atoms. The van der Waals surface area contributed by atoms with E-state index < -0.39 is 16.1 Å². The first-order valence-electron chi connectivity index (χ1n) is 10.6.